The first-order valence-electron chi connectivity index (χ1n) is 11.3. The molecule has 3 atom stereocenters. The maximum atomic E-state index is 12.9. The van der Waals surface area contributed by atoms with Crippen molar-refractivity contribution in [3.05, 3.63) is 59.2 Å². The van der Waals surface area contributed by atoms with Gasteiger partial charge in [0.2, 0.25) is 0 Å². The third kappa shape index (κ3) is 5.56. The molecular formula is C26H36N2O2. The summed E-state index contributed by atoms with van der Waals surface area (Å²) in [6.07, 6.45) is 2.70. The molecule has 0 saturated carbocycles. The zero-order chi connectivity index (χ0) is 21.7. The number of hydrogen-bond donors (Lipinski definition) is 1. The van der Waals surface area contributed by atoms with E-state index in [1.54, 1.807) is 0 Å². The van der Waals surface area contributed by atoms with Gasteiger partial charge in [-0.25, -0.2) is 0 Å². The normalized spacial score (nSPS) is 18.6. The fraction of sp³-hybridized carbons (Fsp3) is 0.500. The molecule has 0 aromatic heterocycles. The van der Waals surface area contributed by atoms with Gasteiger partial charge in [0.05, 0.1) is 6.04 Å². The number of piperidine rings is 1. The second-order valence-corrected chi connectivity index (χ2v) is 8.80. The molecule has 0 spiro atoms. The van der Waals surface area contributed by atoms with Crippen LogP contribution in [0.2, 0.25) is 0 Å². The van der Waals surface area contributed by atoms with Gasteiger partial charge in [-0.05, 0) is 80.8 Å². The van der Waals surface area contributed by atoms with E-state index in [2.05, 4.69) is 47.5 Å². The highest BCUT2D eigenvalue weighted by molar-refractivity contribution is 5.81. The Hall–Kier alpha value is -2.49. The van der Waals surface area contributed by atoms with E-state index in [1.165, 1.54) is 18.5 Å². The molecule has 162 valence electrons. The minimum Gasteiger partial charge on any atom is -0.480 e. The summed E-state index contributed by atoms with van der Waals surface area (Å²) in [5.74, 6) is 1.46. The van der Waals surface area contributed by atoms with Gasteiger partial charge in [0.15, 0.2) is 6.10 Å². The van der Waals surface area contributed by atoms with Crippen molar-refractivity contribution in [2.45, 2.75) is 66.0 Å². The number of aryl methyl sites for hydroxylation is 2. The SMILES string of the molecule is CC[C@H](Oc1cc(C)ccc1C)C(=O)N[C@H](C)c1ccc(N2CCC[C@@H](C)C2)cc1. The van der Waals surface area contributed by atoms with Crippen LogP contribution in [0, 0.1) is 19.8 Å². The van der Waals surface area contributed by atoms with Gasteiger partial charge in [-0.2, -0.15) is 0 Å². The van der Waals surface area contributed by atoms with Gasteiger partial charge in [0, 0.05) is 18.8 Å². The summed E-state index contributed by atoms with van der Waals surface area (Å²) in [5.41, 5.74) is 4.55. The van der Waals surface area contributed by atoms with Crippen LogP contribution in [0.3, 0.4) is 0 Å². The number of anilines is 1. The number of hydrogen-bond acceptors (Lipinski definition) is 3. The highest BCUT2D eigenvalue weighted by Gasteiger charge is 2.22. The Morgan fingerprint density at radius 1 is 1.20 bits per heavy atom. The van der Waals surface area contributed by atoms with Gasteiger partial charge < -0.3 is 15.0 Å². The van der Waals surface area contributed by atoms with E-state index in [0.717, 1.165) is 41.4 Å². The molecule has 1 aliphatic heterocycles. The van der Waals surface area contributed by atoms with Gasteiger partial charge >= 0.3 is 0 Å². The van der Waals surface area contributed by atoms with Crippen molar-refractivity contribution in [3.63, 3.8) is 0 Å². The summed E-state index contributed by atoms with van der Waals surface area (Å²) < 4.78 is 6.06. The lowest BCUT2D eigenvalue weighted by Gasteiger charge is -2.33. The first-order valence-corrected chi connectivity index (χ1v) is 11.3. The monoisotopic (exact) mass is 408 g/mol. The Kier molecular flexibility index (Phi) is 7.41. The van der Waals surface area contributed by atoms with Gasteiger partial charge in [-0.15, -0.1) is 0 Å². The van der Waals surface area contributed by atoms with E-state index in [0.29, 0.717) is 6.42 Å². The molecule has 1 aliphatic rings. The minimum absolute atomic E-state index is 0.0666. The summed E-state index contributed by atoms with van der Waals surface area (Å²) in [4.78, 5) is 15.3. The van der Waals surface area contributed by atoms with E-state index in [4.69, 9.17) is 4.74 Å². The van der Waals surface area contributed by atoms with Crippen LogP contribution in [0.4, 0.5) is 5.69 Å². The van der Waals surface area contributed by atoms with Crippen LogP contribution in [0.25, 0.3) is 0 Å². The maximum absolute atomic E-state index is 12.9. The van der Waals surface area contributed by atoms with Crippen molar-refractivity contribution in [2.24, 2.45) is 5.92 Å². The quantitative estimate of drug-likeness (QED) is 0.651. The van der Waals surface area contributed by atoms with E-state index in [1.807, 2.05) is 39.8 Å². The molecule has 3 rings (SSSR count). The topological polar surface area (TPSA) is 41.6 Å². The van der Waals surface area contributed by atoms with Crippen molar-refractivity contribution >= 4 is 11.6 Å². The number of rotatable bonds is 7. The minimum atomic E-state index is -0.498. The molecule has 30 heavy (non-hydrogen) atoms. The van der Waals surface area contributed by atoms with Crippen LogP contribution in [-0.4, -0.2) is 25.1 Å². The van der Waals surface area contributed by atoms with E-state index in [-0.39, 0.29) is 11.9 Å². The van der Waals surface area contributed by atoms with E-state index in [9.17, 15) is 4.79 Å². The van der Waals surface area contributed by atoms with Gasteiger partial charge in [-0.3, -0.25) is 4.79 Å². The van der Waals surface area contributed by atoms with Crippen molar-refractivity contribution in [1.82, 2.24) is 5.32 Å². The number of ether oxygens (including phenoxy) is 1. The summed E-state index contributed by atoms with van der Waals surface area (Å²) in [5, 5.41) is 3.13. The molecule has 0 unspecified atom stereocenters. The van der Waals surface area contributed by atoms with Crippen LogP contribution < -0.4 is 15.0 Å². The summed E-state index contributed by atoms with van der Waals surface area (Å²) in [7, 11) is 0. The van der Waals surface area contributed by atoms with Crippen LogP contribution in [-0.2, 0) is 4.79 Å². The number of carbonyl (C=O) groups is 1. The predicted octanol–water partition coefficient (Wildman–Crippen LogP) is 5.57. The van der Waals surface area contributed by atoms with E-state index >= 15 is 0 Å². The molecule has 4 nitrogen and oxygen atoms in total. The third-order valence-electron chi connectivity index (χ3n) is 6.05. The van der Waals surface area contributed by atoms with Gasteiger partial charge in [0.25, 0.3) is 5.91 Å². The Morgan fingerprint density at radius 3 is 2.60 bits per heavy atom. The molecule has 2 aromatic rings. The maximum Gasteiger partial charge on any atom is 0.261 e. The van der Waals surface area contributed by atoms with E-state index < -0.39 is 6.10 Å². The molecule has 1 heterocycles. The molecule has 2 aromatic carbocycles. The highest BCUT2D eigenvalue weighted by Crippen LogP contribution is 2.25. The standard InChI is InChI=1S/C26H36N2O2/c1-6-24(30-25-16-18(2)9-10-20(25)4)26(29)27-21(5)22-11-13-23(14-12-22)28-15-7-8-19(3)17-28/h9-14,16,19,21,24H,6-8,15,17H2,1-5H3,(H,27,29)/t19-,21-,24+/m1/s1. The molecule has 0 radical (unpaired) electrons. The van der Waals surface area contributed by atoms with Crippen LogP contribution in [0.5, 0.6) is 5.75 Å². The zero-order valence-corrected chi connectivity index (χ0v) is 19.1. The fourth-order valence-electron chi connectivity index (χ4n) is 4.10. The third-order valence-corrected chi connectivity index (χ3v) is 6.05. The van der Waals surface area contributed by atoms with Crippen LogP contribution >= 0.6 is 0 Å². The number of benzene rings is 2. The van der Waals surface area contributed by atoms with Gasteiger partial charge in [0.1, 0.15) is 5.75 Å². The molecular weight excluding hydrogens is 372 g/mol. The lowest BCUT2D eigenvalue weighted by molar-refractivity contribution is -0.128. The first kappa shape index (κ1) is 22.2. The lowest BCUT2D eigenvalue weighted by atomic mass is 9.99. The molecule has 1 amide bonds. The van der Waals surface area contributed by atoms with Crippen molar-refractivity contribution in [1.29, 1.82) is 0 Å². The Balaban J connectivity index is 1.61. The first-order chi connectivity index (χ1) is 14.4. The number of nitrogens with one attached hydrogen (secondary N) is 1. The molecule has 1 saturated heterocycles. The predicted molar refractivity (Wildman–Crippen MR) is 124 cm³/mol. The van der Waals surface area contributed by atoms with Gasteiger partial charge in [-0.1, -0.05) is 38.1 Å². The summed E-state index contributed by atoms with van der Waals surface area (Å²) in [6, 6.07) is 14.6. The number of nitrogens with zero attached hydrogens (tertiary/aromatic N) is 1. The summed E-state index contributed by atoms with van der Waals surface area (Å²) in [6.45, 7) is 12.6. The number of carbonyl (C=O) groups excluding carboxylic acids is 1. The fourth-order valence-corrected chi connectivity index (χ4v) is 4.10. The zero-order valence-electron chi connectivity index (χ0n) is 19.1. The molecule has 0 bridgehead atoms. The average molecular weight is 409 g/mol. The van der Waals surface area contributed by atoms with Crippen molar-refractivity contribution in [3.8, 4) is 5.75 Å². The lowest BCUT2D eigenvalue weighted by Crippen LogP contribution is -2.39. The number of amides is 1. The van der Waals surface area contributed by atoms with Crippen LogP contribution in [0.1, 0.15) is 62.8 Å². The second-order valence-electron chi connectivity index (χ2n) is 8.80. The average Bonchev–Trinajstić information content (AvgIpc) is 2.74. The Morgan fingerprint density at radius 2 is 1.93 bits per heavy atom. The molecule has 1 N–H and O–H groups in total. The van der Waals surface area contributed by atoms with Crippen molar-refractivity contribution < 1.29 is 9.53 Å². The largest absolute Gasteiger partial charge is 0.480 e. The second kappa shape index (κ2) is 10.0. The van der Waals surface area contributed by atoms with Crippen LogP contribution in [0.15, 0.2) is 42.5 Å². The Labute approximate surface area is 181 Å². The smallest absolute Gasteiger partial charge is 0.261 e. The Bertz CT molecular complexity index is 847. The van der Waals surface area contributed by atoms with Crippen molar-refractivity contribution in [2.75, 3.05) is 18.0 Å². The molecule has 0 aliphatic carbocycles. The molecule has 1 fully saturated rings. The highest BCUT2D eigenvalue weighted by atomic mass is 16.5. The molecule has 4 heteroatoms. The summed E-state index contributed by atoms with van der Waals surface area (Å²) >= 11 is 0.